The van der Waals surface area contributed by atoms with Crippen molar-refractivity contribution < 1.29 is 23.6 Å². The Kier molecular flexibility index (Phi) is 4.84. The van der Waals surface area contributed by atoms with Gasteiger partial charge in [-0.2, -0.15) is 0 Å². The van der Waals surface area contributed by atoms with E-state index in [9.17, 15) is 4.79 Å². The summed E-state index contributed by atoms with van der Waals surface area (Å²) in [4.78, 5) is 12.7. The van der Waals surface area contributed by atoms with Crippen LogP contribution in [0.3, 0.4) is 0 Å². The second-order valence-electron chi connectivity index (χ2n) is 8.12. The maximum absolute atomic E-state index is 12.7. The lowest BCUT2D eigenvalue weighted by molar-refractivity contribution is 0.00578. The monoisotopic (exact) mass is 361 g/mol. The molecule has 142 valence electrons. The molecule has 0 radical (unpaired) electrons. The van der Waals surface area contributed by atoms with Crippen LogP contribution in [0.4, 0.5) is 0 Å². The Balaban J connectivity index is 2.00. The van der Waals surface area contributed by atoms with Crippen LogP contribution in [0.15, 0.2) is 6.07 Å². The number of fused-ring (bicyclic) bond motifs is 1. The fraction of sp³-hybridized carbons (Fsp3) is 0.632. The zero-order valence-electron chi connectivity index (χ0n) is 16.7. The third kappa shape index (κ3) is 3.12. The molecule has 0 spiro atoms. The molecule has 0 aliphatic carbocycles. The minimum absolute atomic E-state index is 0.166. The van der Waals surface area contributed by atoms with Gasteiger partial charge >= 0.3 is 7.12 Å². The van der Waals surface area contributed by atoms with Gasteiger partial charge in [-0.15, -0.1) is 0 Å². The van der Waals surface area contributed by atoms with Crippen molar-refractivity contribution in [3.8, 4) is 5.75 Å². The largest absolute Gasteiger partial charge is 0.495 e. The Labute approximate surface area is 155 Å². The highest BCUT2D eigenvalue weighted by Gasteiger charge is 2.52. The van der Waals surface area contributed by atoms with Gasteiger partial charge in [-0.25, -0.2) is 0 Å². The molecule has 1 amide bonds. The van der Waals surface area contributed by atoms with E-state index >= 15 is 0 Å². The zero-order valence-corrected chi connectivity index (χ0v) is 16.7. The highest BCUT2D eigenvalue weighted by molar-refractivity contribution is 6.62. The Morgan fingerprint density at radius 3 is 2.38 bits per heavy atom. The standard InChI is InChI=1S/C19H28BNO5/c1-11-12(2)16-14(17(22)21-13(9-23-7)10-24-16)8-15(11)20-25-18(3,4)19(5,6)26-20/h8,13H,9-10H2,1-7H3,(H,21,22)/t13-/m0/s1. The molecule has 26 heavy (non-hydrogen) atoms. The van der Waals surface area contributed by atoms with E-state index in [2.05, 4.69) is 5.32 Å². The van der Waals surface area contributed by atoms with Crippen molar-refractivity contribution in [1.82, 2.24) is 5.32 Å². The minimum atomic E-state index is -0.519. The van der Waals surface area contributed by atoms with Crippen molar-refractivity contribution in [3.63, 3.8) is 0 Å². The number of amides is 1. The molecule has 1 aromatic rings. The number of rotatable bonds is 3. The summed E-state index contributed by atoms with van der Waals surface area (Å²) >= 11 is 0. The maximum Gasteiger partial charge on any atom is 0.495 e. The molecule has 0 unspecified atom stereocenters. The fourth-order valence-electron chi connectivity index (χ4n) is 3.27. The number of methoxy groups -OCH3 is 1. The second kappa shape index (κ2) is 6.55. The number of carbonyl (C=O) groups excluding carboxylic acids is 1. The number of hydrogen-bond acceptors (Lipinski definition) is 5. The van der Waals surface area contributed by atoms with Gasteiger partial charge in [0.05, 0.1) is 29.4 Å². The van der Waals surface area contributed by atoms with Crippen LogP contribution < -0.4 is 15.5 Å². The van der Waals surface area contributed by atoms with E-state index in [-0.39, 0.29) is 11.9 Å². The summed E-state index contributed by atoms with van der Waals surface area (Å²) < 4.78 is 23.5. The number of benzene rings is 1. The van der Waals surface area contributed by atoms with Crippen molar-refractivity contribution in [1.29, 1.82) is 0 Å². The second-order valence-corrected chi connectivity index (χ2v) is 8.12. The summed E-state index contributed by atoms with van der Waals surface area (Å²) in [7, 11) is 1.09. The lowest BCUT2D eigenvalue weighted by Gasteiger charge is -2.32. The van der Waals surface area contributed by atoms with Crippen molar-refractivity contribution in [2.24, 2.45) is 0 Å². The van der Waals surface area contributed by atoms with Gasteiger partial charge < -0.3 is 24.1 Å². The number of nitrogens with one attached hydrogen (secondary N) is 1. The lowest BCUT2D eigenvalue weighted by atomic mass is 9.74. The van der Waals surface area contributed by atoms with E-state index in [0.29, 0.717) is 24.5 Å². The van der Waals surface area contributed by atoms with Gasteiger partial charge in [-0.1, -0.05) is 0 Å². The fourth-order valence-corrected chi connectivity index (χ4v) is 3.27. The molecule has 3 rings (SSSR count). The van der Waals surface area contributed by atoms with Gasteiger partial charge in [0.15, 0.2) is 0 Å². The highest BCUT2D eigenvalue weighted by Crippen LogP contribution is 2.37. The van der Waals surface area contributed by atoms with E-state index < -0.39 is 18.3 Å². The van der Waals surface area contributed by atoms with Crippen molar-refractivity contribution in [2.75, 3.05) is 20.3 Å². The summed E-state index contributed by atoms with van der Waals surface area (Å²) in [5.41, 5.74) is 2.45. The first-order valence-corrected chi connectivity index (χ1v) is 8.99. The first-order chi connectivity index (χ1) is 12.1. The van der Waals surface area contributed by atoms with Gasteiger partial charge in [0.2, 0.25) is 0 Å². The topological polar surface area (TPSA) is 66.0 Å². The molecule has 7 heteroatoms. The molecule has 1 atom stereocenters. The van der Waals surface area contributed by atoms with Crippen LogP contribution in [0.2, 0.25) is 0 Å². The normalized spacial score (nSPS) is 23.9. The summed E-state index contributed by atoms with van der Waals surface area (Å²) in [6.07, 6.45) is 0. The molecule has 1 aromatic carbocycles. The molecule has 2 aliphatic heterocycles. The average molecular weight is 361 g/mol. The summed E-state index contributed by atoms with van der Waals surface area (Å²) in [6, 6.07) is 1.66. The third-order valence-electron chi connectivity index (χ3n) is 5.76. The quantitative estimate of drug-likeness (QED) is 0.831. The van der Waals surface area contributed by atoms with E-state index in [4.69, 9.17) is 18.8 Å². The third-order valence-corrected chi connectivity index (χ3v) is 5.76. The van der Waals surface area contributed by atoms with Gasteiger partial charge in [0.1, 0.15) is 12.4 Å². The summed E-state index contributed by atoms with van der Waals surface area (Å²) in [6.45, 7) is 12.8. The molecular weight excluding hydrogens is 333 g/mol. The lowest BCUT2D eigenvalue weighted by Crippen LogP contribution is -2.41. The molecule has 0 aromatic heterocycles. The molecule has 1 N–H and O–H groups in total. The molecule has 1 saturated heterocycles. The van der Waals surface area contributed by atoms with Crippen LogP contribution in [0, 0.1) is 13.8 Å². The highest BCUT2D eigenvalue weighted by atomic mass is 16.7. The van der Waals surface area contributed by atoms with Gasteiger partial charge in [0, 0.05) is 7.11 Å². The average Bonchev–Trinajstić information content (AvgIpc) is 2.66. The molecular formula is C19H28BNO5. The number of ether oxygens (including phenoxy) is 2. The van der Waals surface area contributed by atoms with Crippen LogP contribution in [0.5, 0.6) is 5.75 Å². The van der Waals surface area contributed by atoms with Crippen LogP contribution in [0.25, 0.3) is 0 Å². The van der Waals surface area contributed by atoms with Gasteiger partial charge in [0.25, 0.3) is 5.91 Å². The van der Waals surface area contributed by atoms with E-state index in [1.165, 1.54) is 0 Å². The molecule has 0 bridgehead atoms. The molecule has 1 fully saturated rings. The van der Waals surface area contributed by atoms with Gasteiger partial charge in [-0.05, 0) is 64.2 Å². The summed E-state index contributed by atoms with van der Waals surface area (Å²) in [5.74, 6) is 0.458. The molecule has 6 nitrogen and oxygen atoms in total. The van der Waals surface area contributed by atoms with Crippen LogP contribution in [-0.2, 0) is 14.0 Å². The number of carbonyl (C=O) groups is 1. The van der Waals surface area contributed by atoms with Crippen LogP contribution in [-0.4, -0.2) is 50.6 Å². The molecule has 2 heterocycles. The van der Waals surface area contributed by atoms with E-state index in [1.54, 1.807) is 7.11 Å². The SMILES string of the molecule is COC[C@H]1COc2c(cc(B3OC(C)(C)C(C)(C)O3)c(C)c2C)C(=O)N1. The smallest absolute Gasteiger partial charge is 0.490 e. The molecule has 2 aliphatic rings. The Hall–Kier alpha value is -1.57. The van der Waals surface area contributed by atoms with E-state index in [0.717, 1.165) is 16.6 Å². The Morgan fingerprint density at radius 1 is 1.19 bits per heavy atom. The Bertz CT molecular complexity index is 715. The maximum atomic E-state index is 12.7. The number of hydrogen-bond donors (Lipinski definition) is 1. The molecule has 0 saturated carbocycles. The first-order valence-electron chi connectivity index (χ1n) is 8.99. The van der Waals surface area contributed by atoms with Crippen LogP contribution in [0.1, 0.15) is 49.2 Å². The predicted molar refractivity (Wildman–Crippen MR) is 100 cm³/mol. The predicted octanol–water partition coefficient (Wildman–Crippen LogP) is 1.74. The van der Waals surface area contributed by atoms with Gasteiger partial charge in [-0.3, -0.25) is 4.79 Å². The first kappa shape index (κ1) is 19.2. The Morgan fingerprint density at radius 2 is 1.81 bits per heavy atom. The van der Waals surface area contributed by atoms with Crippen molar-refractivity contribution in [2.45, 2.75) is 58.8 Å². The minimum Gasteiger partial charge on any atom is -0.490 e. The van der Waals surface area contributed by atoms with Crippen molar-refractivity contribution in [3.05, 3.63) is 22.8 Å². The zero-order chi connectivity index (χ0) is 19.3. The van der Waals surface area contributed by atoms with E-state index in [1.807, 2.05) is 47.6 Å². The van der Waals surface area contributed by atoms with Crippen molar-refractivity contribution >= 4 is 18.5 Å². The van der Waals surface area contributed by atoms with Crippen LogP contribution >= 0.6 is 0 Å². The summed E-state index contributed by atoms with van der Waals surface area (Å²) in [5, 5.41) is 2.96.